The first-order chi connectivity index (χ1) is 12.4. The molecule has 0 atom stereocenters. The number of halogens is 1. The molecule has 0 aliphatic carbocycles. The van der Waals surface area contributed by atoms with Gasteiger partial charge in [-0.2, -0.15) is 0 Å². The molecule has 8 heteroatoms. The molecule has 0 bridgehead atoms. The Labute approximate surface area is 166 Å². The Balaban J connectivity index is 0.00000261. The maximum atomic E-state index is 12.6. The first-order valence-corrected chi connectivity index (χ1v) is 10.1. The summed E-state index contributed by atoms with van der Waals surface area (Å²) in [5, 5.41) is 6.22. The van der Waals surface area contributed by atoms with E-state index in [4.69, 9.17) is 0 Å². The fourth-order valence-electron chi connectivity index (χ4n) is 2.88. The number of nitrogens with one attached hydrogen (secondary N) is 3. The lowest BCUT2D eigenvalue weighted by Gasteiger charge is -2.23. The van der Waals surface area contributed by atoms with Crippen molar-refractivity contribution < 1.29 is 13.2 Å². The van der Waals surface area contributed by atoms with E-state index in [-0.39, 0.29) is 29.3 Å². The number of amides is 1. The molecule has 1 fully saturated rings. The number of aryl methyl sites for hydroxylation is 1. The Morgan fingerprint density at radius 3 is 2.41 bits per heavy atom. The van der Waals surface area contributed by atoms with E-state index < -0.39 is 10.0 Å². The molecule has 146 valence electrons. The van der Waals surface area contributed by atoms with Gasteiger partial charge in [0.05, 0.1) is 4.90 Å². The molecule has 1 heterocycles. The van der Waals surface area contributed by atoms with Crippen molar-refractivity contribution in [2.75, 3.05) is 17.8 Å². The van der Waals surface area contributed by atoms with Crippen molar-refractivity contribution in [1.82, 2.24) is 10.6 Å². The standard InChI is InChI=1S/C19H23N3O3S.ClH/c1-14-5-7-17(8-6-14)22-26(24,25)18-4-2-3-15(13-18)19(23)21-16-9-11-20-12-10-16;/h2-8,13,16,20,22H,9-12H2,1H3,(H,21,23);1H. The maximum absolute atomic E-state index is 12.6. The van der Waals surface area contributed by atoms with E-state index in [0.29, 0.717) is 11.3 Å². The van der Waals surface area contributed by atoms with Gasteiger partial charge in [0, 0.05) is 17.3 Å². The van der Waals surface area contributed by atoms with E-state index in [1.54, 1.807) is 24.3 Å². The van der Waals surface area contributed by atoms with Gasteiger partial charge in [-0.05, 0) is 63.2 Å². The van der Waals surface area contributed by atoms with E-state index in [1.165, 1.54) is 12.1 Å². The van der Waals surface area contributed by atoms with Crippen LogP contribution in [0.15, 0.2) is 53.4 Å². The lowest BCUT2D eigenvalue weighted by Crippen LogP contribution is -2.42. The molecule has 6 nitrogen and oxygen atoms in total. The molecular formula is C19H24ClN3O3S. The molecule has 3 rings (SSSR count). The molecule has 0 aromatic heterocycles. The quantitative estimate of drug-likeness (QED) is 0.708. The number of carbonyl (C=O) groups is 1. The average Bonchev–Trinajstić information content (AvgIpc) is 2.64. The molecule has 3 N–H and O–H groups in total. The third kappa shape index (κ3) is 5.69. The van der Waals surface area contributed by atoms with Gasteiger partial charge in [-0.1, -0.05) is 23.8 Å². The highest BCUT2D eigenvalue weighted by Gasteiger charge is 2.19. The normalized spacial score (nSPS) is 14.9. The van der Waals surface area contributed by atoms with Crippen molar-refractivity contribution in [3.63, 3.8) is 0 Å². The number of sulfonamides is 1. The summed E-state index contributed by atoms with van der Waals surface area (Å²) in [6, 6.07) is 13.3. The highest BCUT2D eigenvalue weighted by Crippen LogP contribution is 2.18. The second-order valence-corrected chi connectivity index (χ2v) is 8.18. The number of rotatable bonds is 5. The lowest BCUT2D eigenvalue weighted by molar-refractivity contribution is 0.0929. The van der Waals surface area contributed by atoms with Crippen molar-refractivity contribution in [3.8, 4) is 0 Å². The zero-order valence-corrected chi connectivity index (χ0v) is 16.7. The number of piperidine rings is 1. The molecule has 0 radical (unpaired) electrons. The minimum absolute atomic E-state index is 0. The van der Waals surface area contributed by atoms with Gasteiger partial charge >= 0.3 is 0 Å². The van der Waals surface area contributed by atoms with Crippen LogP contribution in [0, 0.1) is 6.92 Å². The van der Waals surface area contributed by atoms with Crippen LogP contribution < -0.4 is 15.4 Å². The van der Waals surface area contributed by atoms with Crippen LogP contribution in [0.2, 0.25) is 0 Å². The average molecular weight is 410 g/mol. The second-order valence-electron chi connectivity index (χ2n) is 6.50. The van der Waals surface area contributed by atoms with Gasteiger partial charge < -0.3 is 10.6 Å². The van der Waals surface area contributed by atoms with E-state index in [2.05, 4.69) is 15.4 Å². The number of anilines is 1. The molecule has 27 heavy (non-hydrogen) atoms. The summed E-state index contributed by atoms with van der Waals surface area (Å²) in [7, 11) is -3.76. The first kappa shape index (κ1) is 21.2. The number of benzene rings is 2. The highest BCUT2D eigenvalue weighted by molar-refractivity contribution is 7.92. The smallest absolute Gasteiger partial charge is 0.261 e. The van der Waals surface area contributed by atoms with Gasteiger partial charge in [0.15, 0.2) is 0 Å². The molecule has 0 spiro atoms. The molecule has 0 saturated carbocycles. The van der Waals surface area contributed by atoms with E-state index in [9.17, 15) is 13.2 Å². The van der Waals surface area contributed by atoms with Crippen molar-refractivity contribution in [3.05, 3.63) is 59.7 Å². The Morgan fingerprint density at radius 2 is 1.74 bits per heavy atom. The van der Waals surface area contributed by atoms with Crippen molar-refractivity contribution >= 4 is 34.0 Å². The van der Waals surface area contributed by atoms with Crippen LogP contribution in [0.1, 0.15) is 28.8 Å². The van der Waals surface area contributed by atoms with Gasteiger partial charge in [0.1, 0.15) is 0 Å². The number of carbonyl (C=O) groups excluding carboxylic acids is 1. The predicted octanol–water partition coefficient (Wildman–Crippen LogP) is 2.70. The zero-order valence-electron chi connectivity index (χ0n) is 15.1. The summed E-state index contributed by atoms with van der Waals surface area (Å²) in [6.45, 7) is 3.68. The largest absolute Gasteiger partial charge is 0.349 e. The highest BCUT2D eigenvalue weighted by atomic mass is 35.5. The van der Waals surface area contributed by atoms with Gasteiger partial charge in [0.25, 0.3) is 15.9 Å². The summed E-state index contributed by atoms with van der Waals surface area (Å²) < 4.78 is 27.7. The molecule has 1 saturated heterocycles. The van der Waals surface area contributed by atoms with Crippen LogP contribution in [0.3, 0.4) is 0 Å². The summed E-state index contributed by atoms with van der Waals surface area (Å²) in [5.41, 5.74) is 1.88. The summed E-state index contributed by atoms with van der Waals surface area (Å²) in [5.74, 6) is -0.246. The molecular weight excluding hydrogens is 386 g/mol. The van der Waals surface area contributed by atoms with Crippen LogP contribution in [-0.4, -0.2) is 33.5 Å². The minimum Gasteiger partial charge on any atom is -0.349 e. The summed E-state index contributed by atoms with van der Waals surface area (Å²) in [4.78, 5) is 12.5. The lowest BCUT2D eigenvalue weighted by atomic mass is 10.1. The van der Waals surface area contributed by atoms with Gasteiger partial charge in [-0.3, -0.25) is 9.52 Å². The Bertz CT molecular complexity index is 879. The molecule has 0 unspecified atom stereocenters. The number of hydrogen-bond acceptors (Lipinski definition) is 4. The molecule has 2 aromatic carbocycles. The predicted molar refractivity (Wildman–Crippen MR) is 109 cm³/mol. The van der Waals surface area contributed by atoms with Crippen LogP contribution in [0.4, 0.5) is 5.69 Å². The van der Waals surface area contributed by atoms with E-state index in [1.807, 2.05) is 19.1 Å². The fraction of sp³-hybridized carbons (Fsp3) is 0.316. The van der Waals surface area contributed by atoms with Crippen molar-refractivity contribution in [2.24, 2.45) is 0 Å². The van der Waals surface area contributed by atoms with E-state index >= 15 is 0 Å². The Morgan fingerprint density at radius 1 is 1.07 bits per heavy atom. The van der Waals surface area contributed by atoms with Crippen LogP contribution >= 0.6 is 12.4 Å². The van der Waals surface area contributed by atoms with Crippen molar-refractivity contribution in [2.45, 2.75) is 30.7 Å². The van der Waals surface area contributed by atoms with Crippen molar-refractivity contribution in [1.29, 1.82) is 0 Å². The van der Waals surface area contributed by atoms with Gasteiger partial charge in [0.2, 0.25) is 0 Å². The molecule has 2 aromatic rings. The fourth-order valence-corrected chi connectivity index (χ4v) is 3.98. The van der Waals surface area contributed by atoms with Crippen LogP contribution in [0.25, 0.3) is 0 Å². The van der Waals surface area contributed by atoms with E-state index in [0.717, 1.165) is 31.5 Å². The SMILES string of the molecule is Cc1ccc(NS(=O)(=O)c2cccc(C(=O)NC3CCNCC3)c2)cc1.Cl. The first-order valence-electron chi connectivity index (χ1n) is 8.65. The van der Waals surface area contributed by atoms with Crippen LogP contribution in [-0.2, 0) is 10.0 Å². The summed E-state index contributed by atoms with van der Waals surface area (Å²) in [6.07, 6.45) is 1.75. The van der Waals surface area contributed by atoms with Gasteiger partial charge in [-0.25, -0.2) is 8.42 Å². The molecule has 1 amide bonds. The summed E-state index contributed by atoms with van der Waals surface area (Å²) >= 11 is 0. The molecule has 1 aliphatic rings. The maximum Gasteiger partial charge on any atom is 0.261 e. The Kier molecular flexibility index (Phi) is 7.24. The Hall–Kier alpha value is -2.09. The third-order valence-corrected chi connectivity index (χ3v) is 5.76. The topological polar surface area (TPSA) is 87.3 Å². The zero-order chi connectivity index (χ0) is 18.6. The number of hydrogen-bond donors (Lipinski definition) is 3. The second kappa shape index (κ2) is 9.21. The monoisotopic (exact) mass is 409 g/mol. The van der Waals surface area contributed by atoms with Crippen LogP contribution in [0.5, 0.6) is 0 Å². The van der Waals surface area contributed by atoms with Gasteiger partial charge in [-0.15, -0.1) is 12.4 Å². The minimum atomic E-state index is -3.76. The third-order valence-electron chi connectivity index (χ3n) is 4.38. The molecule has 1 aliphatic heterocycles.